The number of likely N-dealkylation sites (N-methyl/N-ethyl adjacent to an activating group) is 1. The summed E-state index contributed by atoms with van der Waals surface area (Å²) in [5.41, 5.74) is 1.45. The maximum absolute atomic E-state index is 11.7. The van der Waals surface area contributed by atoms with E-state index in [1.54, 1.807) is 19.0 Å². The zero-order valence-electron chi connectivity index (χ0n) is 14.4. The Morgan fingerprint density at radius 2 is 1.95 bits per heavy atom. The Morgan fingerprint density at radius 1 is 1.32 bits per heavy atom. The molecule has 0 atom stereocenters. The Bertz CT molecular complexity index is 397. The lowest BCUT2D eigenvalue weighted by Gasteiger charge is -2.41. The molecular formula is C16H31IN4O. The third kappa shape index (κ3) is 6.98. The molecule has 0 aromatic heterocycles. The molecule has 0 heterocycles. The highest BCUT2D eigenvalue weighted by atomic mass is 127. The van der Waals surface area contributed by atoms with Gasteiger partial charge in [-0.3, -0.25) is 4.79 Å². The Hall–Kier alpha value is -0.790. The van der Waals surface area contributed by atoms with Gasteiger partial charge in [0.05, 0.1) is 0 Å². The van der Waals surface area contributed by atoms with E-state index in [2.05, 4.69) is 29.1 Å². The standard InChI is InChI=1S/C16H30N4O.HI/c1-6-16(8-7-9-16)12-19-15(17-10-13(2)3)18-11-14(21)20(4)5;/h2,6-12H2,1,3-5H3,(H2,17,18,19);1H. The number of hydrogen-bond donors (Lipinski definition) is 2. The van der Waals surface area contributed by atoms with Gasteiger partial charge in [0.2, 0.25) is 5.91 Å². The van der Waals surface area contributed by atoms with Crippen molar-refractivity contribution in [3.05, 3.63) is 12.2 Å². The normalized spacial score (nSPS) is 16.1. The molecule has 0 saturated heterocycles. The third-order valence-electron chi connectivity index (χ3n) is 4.22. The zero-order valence-corrected chi connectivity index (χ0v) is 16.7. The minimum Gasteiger partial charge on any atom is -0.356 e. The molecule has 1 amide bonds. The number of carbonyl (C=O) groups is 1. The van der Waals surface area contributed by atoms with Crippen molar-refractivity contribution in [1.82, 2.24) is 15.5 Å². The topological polar surface area (TPSA) is 56.7 Å². The van der Waals surface area contributed by atoms with Gasteiger partial charge in [0, 0.05) is 27.2 Å². The molecular weight excluding hydrogens is 391 g/mol. The van der Waals surface area contributed by atoms with E-state index in [1.807, 2.05) is 6.92 Å². The van der Waals surface area contributed by atoms with Crippen LogP contribution in [0.1, 0.15) is 39.5 Å². The monoisotopic (exact) mass is 422 g/mol. The number of hydrogen-bond acceptors (Lipinski definition) is 2. The van der Waals surface area contributed by atoms with Crippen LogP contribution in [0.25, 0.3) is 0 Å². The first-order valence-electron chi connectivity index (χ1n) is 7.75. The van der Waals surface area contributed by atoms with Crippen LogP contribution in [0.4, 0.5) is 0 Å². The SMILES string of the molecule is C=C(C)CNC(=NCC(=O)N(C)C)NCC1(CC)CCC1.I. The van der Waals surface area contributed by atoms with E-state index in [0.717, 1.165) is 12.1 Å². The van der Waals surface area contributed by atoms with E-state index in [1.165, 1.54) is 25.7 Å². The molecule has 0 spiro atoms. The van der Waals surface area contributed by atoms with E-state index in [-0.39, 0.29) is 36.4 Å². The molecule has 0 unspecified atom stereocenters. The molecule has 2 N–H and O–H groups in total. The lowest BCUT2D eigenvalue weighted by Crippen LogP contribution is -2.46. The Balaban J connectivity index is 0.00000441. The van der Waals surface area contributed by atoms with Crippen LogP contribution in [0.5, 0.6) is 0 Å². The molecule has 0 radical (unpaired) electrons. The highest BCUT2D eigenvalue weighted by molar-refractivity contribution is 14.0. The molecule has 22 heavy (non-hydrogen) atoms. The molecule has 0 bridgehead atoms. The second-order valence-corrected chi connectivity index (χ2v) is 6.32. The van der Waals surface area contributed by atoms with Crippen molar-refractivity contribution in [2.45, 2.75) is 39.5 Å². The third-order valence-corrected chi connectivity index (χ3v) is 4.22. The minimum atomic E-state index is 0. The first kappa shape index (κ1) is 21.2. The number of carbonyl (C=O) groups excluding carboxylic acids is 1. The lowest BCUT2D eigenvalue weighted by atomic mass is 9.67. The highest BCUT2D eigenvalue weighted by Crippen LogP contribution is 2.42. The van der Waals surface area contributed by atoms with Crippen LogP contribution >= 0.6 is 24.0 Å². The van der Waals surface area contributed by atoms with Crippen LogP contribution in [0.3, 0.4) is 0 Å². The summed E-state index contributed by atoms with van der Waals surface area (Å²) < 4.78 is 0. The minimum absolute atomic E-state index is 0. The van der Waals surface area contributed by atoms with Gasteiger partial charge in [0.15, 0.2) is 5.96 Å². The molecule has 1 saturated carbocycles. The van der Waals surface area contributed by atoms with Gasteiger partial charge in [0.25, 0.3) is 0 Å². The van der Waals surface area contributed by atoms with Gasteiger partial charge in [0.1, 0.15) is 6.54 Å². The van der Waals surface area contributed by atoms with Crippen molar-refractivity contribution in [2.24, 2.45) is 10.4 Å². The van der Waals surface area contributed by atoms with E-state index >= 15 is 0 Å². The van der Waals surface area contributed by atoms with Crippen LogP contribution in [0.2, 0.25) is 0 Å². The molecule has 6 heteroatoms. The predicted molar refractivity (Wildman–Crippen MR) is 104 cm³/mol. The Morgan fingerprint density at radius 3 is 2.36 bits per heavy atom. The fourth-order valence-electron chi connectivity index (χ4n) is 2.30. The quantitative estimate of drug-likeness (QED) is 0.287. The van der Waals surface area contributed by atoms with Crippen molar-refractivity contribution >= 4 is 35.8 Å². The van der Waals surface area contributed by atoms with Gasteiger partial charge in [-0.25, -0.2) is 4.99 Å². The molecule has 0 aliphatic heterocycles. The zero-order chi connectivity index (χ0) is 15.9. The number of nitrogens with zero attached hydrogens (tertiary/aromatic N) is 2. The van der Waals surface area contributed by atoms with E-state index in [9.17, 15) is 4.79 Å². The summed E-state index contributed by atoms with van der Waals surface area (Å²) >= 11 is 0. The highest BCUT2D eigenvalue weighted by Gasteiger charge is 2.34. The van der Waals surface area contributed by atoms with Crippen molar-refractivity contribution in [1.29, 1.82) is 0 Å². The Kier molecular flexibility index (Phi) is 9.71. The predicted octanol–water partition coefficient (Wildman–Crippen LogP) is 2.38. The maximum Gasteiger partial charge on any atom is 0.243 e. The summed E-state index contributed by atoms with van der Waals surface area (Å²) in [6, 6.07) is 0. The average molecular weight is 422 g/mol. The molecule has 1 aliphatic carbocycles. The fraction of sp³-hybridized carbons (Fsp3) is 0.750. The van der Waals surface area contributed by atoms with Crippen molar-refractivity contribution in [3.8, 4) is 0 Å². The van der Waals surface area contributed by atoms with E-state index < -0.39 is 0 Å². The second-order valence-electron chi connectivity index (χ2n) is 6.32. The molecule has 1 rings (SSSR count). The molecule has 0 aromatic carbocycles. The second kappa shape index (κ2) is 10.1. The van der Waals surface area contributed by atoms with Gasteiger partial charge < -0.3 is 15.5 Å². The van der Waals surface area contributed by atoms with Gasteiger partial charge in [-0.1, -0.05) is 25.5 Å². The van der Waals surface area contributed by atoms with Gasteiger partial charge in [-0.15, -0.1) is 24.0 Å². The van der Waals surface area contributed by atoms with Crippen LogP contribution in [-0.2, 0) is 4.79 Å². The lowest BCUT2D eigenvalue weighted by molar-refractivity contribution is -0.127. The van der Waals surface area contributed by atoms with Gasteiger partial charge >= 0.3 is 0 Å². The largest absolute Gasteiger partial charge is 0.356 e. The first-order chi connectivity index (χ1) is 9.88. The number of amides is 1. The van der Waals surface area contributed by atoms with Gasteiger partial charge in [-0.05, 0) is 31.6 Å². The first-order valence-corrected chi connectivity index (χ1v) is 7.75. The number of halogens is 1. The van der Waals surface area contributed by atoms with E-state index in [4.69, 9.17) is 0 Å². The maximum atomic E-state index is 11.7. The summed E-state index contributed by atoms with van der Waals surface area (Å²) in [5, 5.41) is 6.62. The summed E-state index contributed by atoms with van der Waals surface area (Å²) in [4.78, 5) is 17.6. The van der Waals surface area contributed by atoms with Crippen molar-refractivity contribution < 1.29 is 4.79 Å². The summed E-state index contributed by atoms with van der Waals surface area (Å²) in [6.45, 7) is 9.84. The van der Waals surface area contributed by atoms with Crippen molar-refractivity contribution in [3.63, 3.8) is 0 Å². The van der Waals surface area contributed by atoms with Gasteiger partial charge in [-0.2, -0.15) is 0 Å². The van der Waals surface area contributed by atoms with Crippen LogP contribution in [-0.4, -0.2) is 50.5 Å². The fourth-order valence-corrected chi connectivity index (χ4v) is 2.30. The smallest absolute Gasteiger partial charge is 0.243 e. The number of guanidine groups is 1. The Labute approximate surface area is 152 Å². The molecule has 1 fully saturated rings. The van der Waals surface area contributed by atoms with Crippen molar-refractivity contribution in [2.75, 3.05) is 33.7 Å². The molecule has 128 valence electrons. The molecule has 0 aromatic rings. The summed E-state index contributed by atoms with van der Waals surface area (Å²) in [7, 11) is 3.49. The molecule has 1 aliphatic rings. The molecule has 5 nitrogen and oxygen atoms in total. The van der Waals surface area contributed by atoms with E-state index in [0.29, 0.717) is 17.9 Å². The number of rotatable bonds is 7. The summed E-state index contributed by atoms with van der Waals surface area (Å²) in [5.74, 6) is 0.702. The summed E-state index contributed by atoms with van der Waals surface area (Å²) in [6.07, 6.45) is 5.06. The number of nitrogens with one attached hydrogen (secondary N) is 2. The van der Waals surface area contributed by atoms with Crippen LogP contribution in [0.15, 0.2) is 17.1 Å². The average Bonchev–Trinajstić information content (AvgIpc) is 2.39. The van der Waals surface area contributed by atoms with Crippen LogP contribution in [0, 0.1) is 5.41 Å². The number of aliphatic imine (C=N–C) groups is 1. The van der Waals surface area contributed by atoms with Crippen LogP contribution < -0.4 is 10.6 Å².